The van der Waals surface area contributed by atoms with Crippen LogP contribution in [-0.2, 0) is 10.9 Å². The number of rotatable bonds is 4. The number of nitrogens with one attached hydrogen (secondary N) is 1. The molecular weight excluding hydrogens is 377 g/mol. The number of amides is 1. The van der Waals surface area contributed by atoms with E-state index in [-0.39, 0.29) is 35.0 Å². The van der Waals surface area contributed by atoms with Crippen LogP contribution in [0.1, 0.15) is 35.7 Å². The molecule has 1 aromatic rings. The fourth-order valence-corrected chi connectivity index (χ4v) is 4.73. The second kappa shape index (κ2) is 7.52. The third-order valence-corrected chi connectivity index (χ3v) is 5.88. The van der Waals surface area contributed by atoms with Crippen molar-refractivity contribution >= 4 is 17.7 Å². The highest BCUT2D eigenvalue weighted by Gasteiger charge is 2.46. The van der Waals surface area contributed by atoms with Crippen molar-refractivity contribution < 1.29 is 32.6 Å². The number of esters is 1. The average Bonchev–Trinajstić information content (AvgIpc) is 2.89. The molecular formula is C19H23F3N2O4. The molecule has 0 spiro atoms. The largest absolute Gasteiger partial charge is 0.465 e. The maximum Gasteiger partial charge on any atom is 0.418 e. The van der Waals surface area contributed by atoms with Gasteiger partial charge in [-0.15, -0.1) is 0 Å². The molecule has 0 unspecified atom stereocenters. The Kier molecular flexibility index (Phi) is 5.45. The summed E-state index contributed by atoms with van der Waals surface area (Å²) in [5.74, 6) is -0.427. The Morgan fingerprint density at radius 2 is 1.86 bits per heavy atom. The van der Waals surface area contributed by atoms with Gasteiger partial charge >= 0.3 is 18.2 Å². The number of carboxylic acid groups (broad SMARTS) is 1. The first kappa shape index (κ1) is 20.3. The Morgan fingerprint density at radius 3 is 2.36 bits per heavy atom. The van der Waals surface area contributed by atoms with E-state index in [4.69, 9.17) is 0 Å². The number of halogens is 3. The Morgan fingerprint density at radius 1 is 1.25 bits per heavy atom. The zero-order valence-electron chi connectivity index (χ0n) is 15.6. The minimum Gasteiger partial charge on any atom is -0.465 e. The molecule has 28 heavy (non-hydrogen) atoms. The van der Waals surface area contributed by atoms with Crippen molar-refractivity contribution in [2.24, 2.45) is 17.8 Å². The lowest BCUT2D eigenvalue weighted by molar-refractivity contribution is -0.137. The Balaban J connectivity index is 1.84. The van der Waals surface area contributed by atoms with Crippen molar-refractivity contribution in [2.75, 3.05) is 25.5 Å². The molecule has 6 nitrogen and oxygen atoms in total. The fourth-order valence-electron chi connectivity index (χ4n) is 4.73. The van der Waals surface area contributed by atoms with Gasteiger partial charge in [-0.3, -0.25) is 0 Å². The molecule has 9 heteroatoms. The summed E-state index contributed by atoms with van der Waals surface area (Å²) in [5, 5.41) is 12.2. The molecule has 1 aliphatic heterocycles. The molecule has 1 saturated carbocycles. The van der Waals surface area contributed by atoms with E-state index >= 15 is 0 Å². The number of likely N-dealkylation sites (tertiary alicyclic amines) is 1. The van der Waals surface area contributed by atoms with Gasteiger partial charge in [0.25, 0.3) is 0 Å². The van der Waals surface area contributed by atoms with Gasteiger partial charge in [0, 0.05) is 24.8 Å². The third-order valence-electron chi connectivity index (χ3n) is 5.88. The van der Waals surface area contributed by atoms with Crippen molar-refractivity contribution in [1.82, 2.24) is 4.90 Å². The van der Waals surface area contributed by atoms with Crippen molar-refractivity contribution in [3.63, 3.8) is 0 Å². The molecule has 2 aliphatic rings. The van der Waals surface area contributed by atoms with Crippen LogP contribution in [0.5, 0.6) is 0 Å². The van der Waals surface area contributed by atoms with Gasteiger partial charge < -0.3 is 20.1 Å². The molecule has 4 atom stereocenters. The van der Waals surface area contributed by atoms with Crippen LogP contribution in [0.25, 0.3) is 0 Å². The van der Waals surface area contributed by atoms with Crippen molar-refractivity contribution in [1.29, 1.82) is 0 Å². The van der Waals surface area contributed by atoms with Crippen molar-refractivity contribution in [3.8, 4) is 0 Å². The maximum atomic E-state index is 13.4. The standard InChI is InChI=1S/C19H23F3N2O4/c1-10(16-12-3-4-13(16)9-24(8-12)18(26)27)23-15-7-11(17(25)28-2)5-6-14(15)19(20,21)22/h5-7,10,12-13,16,23H,3-4,8-9H2,1-2H3,(H,26,27)/t10-,12-,13+,16-/m0/s1. The topological polar surface area (TPSA) is 78.9 Å². The summed E-state index contributed by atoms with van der Waals surface area (Å²) in [7, 11) is 1.17. The molecule has 1 saturated heterocycles. The second-order valence-electron chi connectivity index (χ2n) is 7.55. The van der Waals surface area contributed by atoms with E-state index in [2.05, 4.69) is 10.1 Å². The summed E-state index contributed by atoms with van der Waals surface area (Å²) >= 11 is 0. The van der Waals surface area contributed by atoms with Gasteiger partial charge in [-0.2, -0.15) is 13.2 Å². The number of hydrogen-bond acceptors (Lipinski definition) is 4. The number of piperidine rings is 1. The first-order chi connectivity index (χ1) is 13.1. The number of anilines is 1. The quantitative estimate of drug-likeness (QED) is 0.749. The van der Waals surface area contributed by atoms with Crippen LogP contribution in [0.2, 0.25) is 0 Å². The van der Waals surface area contributed by atoms with Crippen molar-refractivity contribution in [3.05, 3.63) is 29.3 Å². The molecule has 0 radical (unpaired) electrons. The summed E-state index contributed by atoms with van der Waals surface area (Å²) in [6, 6.07) is 2.84. The molecule has 1 aliphatic carbocycles. The Labute approximate surface area is 160 Å². The number of hydrogen-bond donors (Lipinski definition) is 2. The molecule has 2 N–H and O–H groups in total. The SMILES string of the molecule is COC(=O)c1ccc(C(F)(F)F)c(N[C@@H](C)[C@@H]2[C@@H]3CC[C@H]2CN(C(=O)O)C3)c1. The first-order valence-corrected chi connectivity index (χ1v) is 9.15. The predicted molar refractivity (Wildman–Crippen MR) is 95.2 cm³/mol. The number of alkyl halides is 3. The number of methoxy groups -OCH3 is 1. The minimum atomic E-state index is -4.57. The maximum absolute atomic E-state index is 13.4. The van der Waals surface area contributed by atoms with Gasteiger partial charge in [-0.25, -0.2) is 9.59 Å². The normalized spacial score (nSPS) is 25.3. The summed E-state index contributed by atoms with van der Waals surface area (Å²) in [6.07, 6.45) is -3.80. The van der Waals surface area contributed by atoms with E-state index in [1.54, 1.807) is 0 Å². The summed E-state index contributed by atoms with van der Waals surface area (Å²) in [6.45, 7) is 2.62. The lowest BCUT2D eigenvalue weighted by Gasteiger charge is -2.40. The summed E-state index contributed by atoms with van der Waals surface area (Å²) in [5.41, 5.74) is -0.973. The molecule has 1 amide bonds. The van der Waals surface area contributed by atoms with Crippen LogP contribution in [0.4, 0.5) is 23.7 Å². The number of carbonyl (C=O) groups is 2. The second-order valence-corrected chi connectivity index (χ2v) is 7.55. The van der Waals surface area contributed by atoms with Crippen LogP contribution in [-0.4, -0.2) is 48.3 Å². The lowest BCUT2D eigenvalue weighted by atomic mass is 9.80. The van der Waals surface area contributed by atoms with E-state index in [1.807, 2.05) is 6.92 Å². The molecule has 1 heterocycles. The molecule has 3 rings (SSSR count). The fraction of sp³-hybridized carbons (Fsp3) is 0.579. The first-order valence-electron chi connectivity index (χ1n) is 9.15. The summed E-state index contributed by atoms with van der Waals surface area (Å²) < 4.78 is 44.9. The summed E-state index contributed by atoms with van der Waals surface area (Å²) in [4.78, 5) is 24.4. The molecule has 2 fully saturated rings. The lowest BCUT2D eigenvalue weighted by Crippen LogP contribution is -2.48. The predicted octanol–water partition coefficient (Wildman–Crippen LogP) is 3.93. The zero-order chi connectivity index (χ0) is 20.6. The number of carbonyl (C=O) groups excluding carboxylic acids is 1. The molecule has 0 aromatic heterocycles. The van der Waals surface area contributed by atoms with Crippen LogP contribution < -0.4 is 5.32 Å². The third kappa shape index (κ3) is 3.88. The molecule has 154 valence electrons. The number of ether oxygens (including phenoxy) is 1. The minimum absolute atomic E-state index is 0.0360. The van der Waals surface area contributed by atoms with Gasteiger partial charge in [0.2, 0.25) is 0 Å². The Bertz CT molecular complexity index is 754. The highest BCUT2D eigenvalue weighted by molar-refractivity contribution is 5.90. The Hall–Kier alpha value is -2.45. The van der Waals surface area contributed by atoms with E-state index in [0.29, 0.717) is 13.1 Å². The smallest absolute Gasteiger partial charge is 0.418 e. The van der Waals surface area contributed by atoms with Crippen molar-refractivity contribution in [2.45, 2.75) is 32.0 Å². The highest BCUT2D eigenvalue weighted by atomic mass is 19.4. The van der Waals surface area contributed by atoms with E-state index < -0.39 is 23.8 Å². The van der Waals surface area contributed by atoms with Crippen LogP contribution in [0, 0.1) is 17.8 Å². The van der Waals surface area contributed by atoms with Crippen LogP contribution in [0.15, 0.2) is 18.2 Å². The number of benzene rings is 1. The van der Waals surface area contributed by atoms with Gasteiger partial charge in [-0.1, -0.05) is 0 Å². The van der Waals surface area contributed by atoms with Gasteiger partial charge in [-0.05, 0) is 55.7 Å². The van der Waals surface area contributed by atoms with E-state index in [1.165, 1.54) is 18.1 Å². The van der Waals surface area contributed by atoms with Crippen LogP contribution in [0.3, 0.4) is 0 Å². The van der Waals surface area contributed by atoms with Crippen LogP contribution >= 0.6 is 0 Å². The van der Waals surface area contributed by atoms with Gasteiger partial charge in [0.05, 0.1) is 18.2 Å². The monoisotopic (exact) mass is 400 g/mol. The number of nitrogens with zero attached hydrogens (tertiary/aromatic N) is 1. The number of fused-ring (bicyclic) bond motifs is 2. The van der Waals surface area contributed by atoms with Gasteiger partial charge in [0.1, 0.15) is 0 Å². The van der Waals surface area contributed by atoms with E-state index in [0.717, 1.165) is 25.0 Å². The van der Waals surface area contributed by atoms with Gasteiger partial charge in [0.15, 0.2) is 0 Å². The zero-order valence-corrected chi connectivity index (χ0v) is 15.6. The highest BCUT2D eigenvalue weighted by Crippen LogP contribution is 2.45. The molecule has 2 bridgehead atoms. The van der Waals surface area contributed by atoms with E-state index in [9.17, 15) is 27.9 Å². The molecule has 1 aromatic carbocycles. The average molecular weight is 400 g/mol.